The predicted molar refractivity (Wildman–Crippen MR) is 28.3 cm³/mol. The molecule has 0 fully saturated rings. The van der Waals surface area contributed by atoms with Crippen molar-refractivity contribution in [1.82, 2.24) is 0 Å². The van der Waals surface area contributed by atoms with E-state index in [9.17, 15) is 0 Å². The molecule has 0 aliphatic heterocycles. The van der Waals surface area contributed by atoms with Crippen LogP contribution in [0.1, 0.15) is 0 Å². The van der Waals surface area contributed by atoms with Gasteiger partial charge in [0.1, 0.15) is 11.9 Å². The summed E-state index contributed by atoms with van der Waals surface area (Å²) in [7, 11) is 0. The van der Waals surface area contributed by atoms with Gasteiger partial charge in [0.15, 0.2) is 4.49 Å². The monoisotopic (exact) mass is 162 g/mol. The highest BCUT2D eigenvalue weighted by Gasteiger charge is 1.96. The molecule has 1 N–H and O–H groups in total. The molecule has 7 heavy (non-hydrogen) atoms. The largest absolute Gasteiger partial charge is 0.478 e. The maximum Gasteiger partial charge on any atom is 0.327 e. The molecule has 0 aliphatic carbocycles. The molecule has 0 spiro atoms. The Morgan fingerprint density at radius 3 is 1.86 bits per heavy atom. The molecular weight excluding hydrogens is 162 g/mol. The van der Waals surface area contributed by atoms with Gasteiger partial charge >= 0.3 is 5.95 Å². The minimum atomic E-state index is -0.690. The summed E-state index contributed by atoms with van der Waals surface area (Å²) < 4.78 is 3.26. The third kappa shape index (κ3) is 2.85. The summed E-state index contributed by atoms with van der Waals surface area (Å²) in [5, 5.41) is 8.20. The second-order valence-electron chi connectivity index (χ2n) is 0.643. The van der Waals surface area contributed by atoms with Crippen LogP contribution in [0.3, 0.4) is 0 Å². The number of aliphatic hydroxyl groups excluding tert-OH is 1. The SMILES string of the molecule is OC(OCl)=C(Cl)Cl. The van der Waals surface area contributed by atoms with Crippen LogP contribution in [0.15, 0.2) is 10.4 Å². The van der Waals surface area contributed by atoms with Gasteiger partial charge in [-0.05, 0) is 0 Å². The van der Waals surface area contributed by atoms with Crippen molar-refractivity contribution in [2.24, 2.45) is 0 Å². The first kappa shape index (κ1) is 7.21. The van der Waals surface area contributed by atoms with Gasteiger partial charge in [0.25, 0.3) is 0 Å². The summed E-state index contributed by atoms with van der Waals surface area (Å²) in [6, 6.07) is 0. The van der Waals surface area contributed by atoms with E-state index in [1.807, 2.05) is 0 Å². The average Bonchev–Trinajstić information content (AvgIpc) is 1.65. The number of aliphatic hydroxyl groups is 1. The van der Waals surface area contributed by atoms with Crippen LogP contribution in [-0.4, -0.2) is 5.11 Å². The lowest BCUT2D eigenvalue weighted by Gasteiger charge is -1.87. The quantitative estimate of drug-likeness (QED) is 0.601. The Bertz CT molecular complexity index is 84.9. The fourth-order valence-electron chi connectivity index (χ4n) is 0.0292. The summed E-state index contributed by atoms with van der Waals surface area (Å²) >= 11 is 14.4. The molecule has 0 amide bonds. The summed E-state index contributed by atoms with van der Waals surface area (Å²) in [4.78, 5) is 0. The maximum atomic E-state index is 8.20. The molecule has 0 rings (SSSR count). The molecule has 42 valence electrons. The zero-order chi connectivity index (χ0) is 5.86. The van der Waals surface area contributed by atoms with E-state index in [1.165, 1.54) is 0 Å². The van der Waals surface area contributed by atoms with Crippen molar-refractivity contribution < 1.29 is 9.40 Å². The lowest BCUT2D eigenvalue weighted by molar-refractivity contribution is 0.223. The lowest BCUT2D eigenvalue weighted by Crippen LogP contribution is -1.76. The fraction of sp³-hybridized carbons (Fsp3) is 0. The third-order valence-corrected chi connectivity index (χ3v) is 0.704. The summed E-state index contributed by atoms with van der Waals surface area (Å²) in [6.45, 7) is 0. The van der Waals surface area contributed by atoms with Gasteiger partial charge in [-0.2, -0.15) is 0 Å². The molecule has 0 aromatic rings. The highest BCUT2D eigenvalue weighted by Crippen LogP contribution is 2.12. The molecule has 5 heteroatoms. The van der Waals surface area contributed by atoms with Gasteiger partial charge in [0.2, 0.25) is 0 Å². The predicted octanol–water partition coefficient (Wildman–Crippen LogP) is 2.32. The zero-order valence-corrected chi connectivity index (χ0v) is 5.26. The fourth-order valence-corrected chi connectivity index (χ4v) is 0.262. The molecule has 0 aliphatic rings. The van der Waals surface area contributed by atoms with Crippen LogP contribution in [0.4, 0.5) is 0 Å². The van der Waals surface area contributed by atoms with E-state index < -0.39 is 10.4 Å². The Balaban J connectivity index is 3.72. The average molecular weight is 163 g/mol. The highest BCUT2D eigenvalue weighted by atomic mass is 35.5. The van der Waals surface area contributed by atoms with E-state index in [0.29, 0.717) is 0 Å². The standard InChI is InChI=1S/C2HCl3O2/c3-1(4)2(6)7-5/h6H. The molecule has 0 unspecified atom stereocenters. The minimum absolute atomic E-state index is 0.394. The van der Waals surface area contributed by atoms with Crippen LogP contribution < -0.4 is 0 Å². The van der Waals surface area contributed by atoms with Crippen molar-refractivity contribution >= 4 is 35.1 Å². The molecule has 0 bridgehead atoms. The normalized spacial score (nSPS) is 7.86. The number of hydrogen-bond acceptors (Lipinski definition) is 2. The molecule has 0 aromatic heterocycles. The van der Waals surface area contributed by atoms with Crippen molar-refractivity contribution in [3.63, 3.8) is 0 Å². The maximum absolute atomic E-state index is 8.20. The molecule has 0 atom stereocenters. The Hall–Kier alpha value is 0.210. The van der Waals surface area contributed by atoms with Crippen molar-refractivity contribution in [2.45, 2.75) is 0 Å². The first-order chi connectivity index (χ1) is 3.18. The Morgan fingerprint density at radius 1 is 1.43 bits per heavy atom. The molecular formula is C2HCl3O2. The molecule has 0 aromatic carbocycles. The topological polar surface area (TPSA) is 29.5 Å². The third-order valence-electron chi connectivity index (χ3n) is 0.235. The van der Waals surface area contributed by atoms with Crippen molar-refractivity contribution in [2.75, 3.05) is 0 Å². The van der Waals surface area contributed by atoms with Crippen LogP contribution in [0.5, 0.6) is 0 Å². The van der Waals surface area contributed by atoms with Crippen LogP contribution in [0.25, 0.3) is 0 Å². The molecule has 0 saturated heterocycles. The van der Waals surface area contributed by atoms with E-state index in [0.717, 1.165) is 0 Å². The van der Waals surface area contributed by atoms with Gasteiger partial charge in [-0.1, -0.05) is 23.2 Å². The van der Waals surface area contributed by atoms with Gasteiger partial charge in [-0.25, -0.2) is 0 Å². The second-order valence-corrected chi connectivity index (χ2v) is 1.75. The summed E-state index contributed by atoms with van der Waals surface area (Å²) in [5.41, 5.74) is 0. The van der Waals surface area contributed by atoms with E-state index in [2.05, 4.69) is 16.2 Å². The number of hydrogen-bond donors (Lipinski definition) is 1. The van der Waals surface area contributed by atoms with E-state index >= 15 is 0 Å². The smallest absolute Gasteiger partial charge is 0.327 e. The van der Waals surface area contributed by atoms with Crippen LogP contribution >= 0.6 is 35.1 Å². The molecule has 0 heterocycles. The van der Waals surface area contributed by atoms with E-state index in [4.69, 9.17) is 28.3 Å². The van der Waals surface area contributed by atoms with Gasteiger partial charge in [-0.3, -0.25) is 0 Å². The van der Waals surface area contributed by atoms with Crippen molar-refractivity contribution in [1.29, 1.82) is 0 Å². The second kappa shape index (κ2) is 3.24. The first-order valence-corrected chi connectivity index (χ1v) is 2.27. The highest BCUT2D eigenvalue weighted by molar-refractivity contribution is 6.56. The lowest BCUT2D eigenvalue weighted by atomic mass is 11.0. The molecule has 0 radical (unpaired) electrons. The Labute approximate surface area is 55.4 Å². The van der Waals surface area contributed by atoms with Gasteiger partial charge in [0.05, 0.1) is 0 Å². The van der Waals surface area contributed by atoms with Crippen LogP contribution in [0.2, 0.25) is 0 Å². The van der Waals surface area contributed by atoms with E-state index in [-0.39, 0.29) is 0 Å². The number of halogens is 3. The van der Waals surface area contributed by atoms with Gasteiger partial charge in [0, 0.05) is 0 Å². The van der Waals surface area contributed by atoms with Gasteiger partial charge < -0.3 is 9.40 Å². The Morgan fingerprint density at radius 2 is 1.86 bits per heavy atom. The van der Waals surface area contributed by atoms with Crippen LogP contribution in [-0.2, 0) is 4.29 Å². The summed E-state index contributed by atoms with van der Waals surface area (Å²) in [5.74, 6) is -0.690. The summed E-state index contributed by atoms with van der Waals surface area (Å²) in [6.07, 6.45) is 0. The zero-order valence-electron chi connectivity index (χ0n) is 2.99. The number of rotatable bonds is 1. The van der Waals surface area contributed by atoms with Crippen LogP contribution in [0, 0.1) is 0 Å². The van der Waals surface area contributed by atoms with Crippen molar-refractivity contribution in [3.8, 4) is 0 Å². The molecule has 0 saturated carbocycles. The Kier molecular flexibility index (Phi) is 3.34. The van der Waals surface area contributed by atoms with Crippen molar-refractivity contribution in [3.05, 3.63) is 10.4 Å². The minimum Gasteiger partial charge on any atom is -0.478 e. The molecule has 2 nitrogen and oxygen atoms in total. The van der Waals surface area contributed by atoms with E-state index in [1.54, 1.807) is 0 Å². The first-order valence-electron chi connectivity index (χ1n) is 1.21. The van der Waals surface area contributed by atoms with Gasteiger partial charge in [-0.15, -0.1) is 0 Å².